The van der Waals surface area contributed by atoms with Gasteiger partial charge in [-0.2, -0.15) is 4.98 Å². The predicted octanol–water partition coefficient (Wildman–Crippen LogP) is 5.09. The molecule has 34 heavy (non-hydrogen) atoms. The number of benzene rings is 1. The maximum atomic E-state index is 13.3. The molecule has 4 bridgehead atoms. The first kappa shape index (κ1) is 21.9. The summed E-state index contributed by atoms with van der Waals surface area (Å²) >= 11 is 0. The molecule has 5 aliphatic rings. The third-order valence-corrected chi connectivity index (χ3v) is 8.80. The summed E-state index contributed by atoms with van der Waals surface area (Å²) in [6.07, 6.45) is 9.01. The van der Waals surface area contributed by atoms with Crippen LogP contribution < -0.4 is 10.2 Å². The van der Waals surface area contributed by atoms with E-state index in [0.717, 1.165) is 67.6 Å². The maximum Gasteiger partial charge on any atom is 0.229 e. The average Bonchev–Trinajstić information content (AvgIpc) is 2.79. The molecule has 5 fully saturated rings. The van der Waals surface area contributed by atoms with Crippen LogP contribution in [0.1, 0.15) is 56.2 Å². The van der Waals surface area contributed by atoms with Crippen molar-refractivity contribution in [1.82, 2.24) is 14.9 Å². The number of carbonyl (C=O) groups excluding carboxylic acids is 1. The lowest BCUT2D eigenvalue weighted by Gasteiger charge is -2.57. The smallest absolute Gasteiger partial charge is 0.229 e. The Labute approximate surface area is 203 Å². The summed E-state index contributed by atoms with van der Waals surface area (Å²) in [6.45, 7) is 7.32. The lowest BCUT2D eigenvalue weighted by molar-refractivity contribution is -0.139. The zero-order valence-electron chi connectivity index (χ0n) is 20.6. The lowest BCUT2D eigenvalue weighted by atomic mass is 9.49. The molecule has 4 saturated carbocycles. The number of anilines is 3. The number of rotatable bonds is 5. The van der Waals surface area contributed by atoms with Crippen molar-refractivity contribution < 1.29 is 4.79 Å². The van der Waals surface area contributed by atoms with Gasteiger partial charge in [0.2, 0.25) is 11.9 Å². The highest BCUT2D eigenvalue weighted by Gasteiger charge is 2.51. The highest BCUT2D eigenvalue weighted by Crippen LogP contribution is 2.61. The SMILES string of the molecule is Cc1ccc(Nc2nc(C)cc(N3CCN(C(=O)CC45CC6CC(CC(C6)C4)C5)CC3)n2)cc1. The third kappa shape index (κ3) is 4.39. The van der Waals surface area contributed by atoms with Crippen LogP contribution in [-0.4, -0.2) is 47.0 Å². The van der Waals surface area contributed by atoms with Gasteiger partial charge in [-0.15, -0.1) is 0 Å². The van der Waals surface area contributed by atoms with Crippen LogP contribution in [0.5, 0.6) is 0 Å². The molecular weight excluding hydrogens is 422 g/mol. The highest BCUT2D eigenvalue weighted by molar-refractivity contribution is 5.77. The van der Waals surface area contributed by atoms with Crippen LogP contribution in [0.2, 0.25) is 0 Å². The van der Waals surface area contributed by atoms with Crippen molar-refractivity contribution in [3.05, 3.63) is 41.6 Å². The van der Waals surface area contributed by atoms with Crippen LogP contribution >= 0.6 is 0 Å². The zero-order chi connectivity index (χ0) is 23.3. The molecule has 6 nitrogen and oxygen atoms in total. The first-order chi connectivity index (χ1) is 16.4. The summed E-state index contributed by atoms with van der Waals surface area (Å²) < 4.78 is 0. The molecule has 4 aliphatic carbocycles. The molecule has 1 amide bonds. The number of piperazine rings is 1. The number of hydrogen-bond acceptors (Lipinski definition) is 5. The molecule has 1 N–H and O–H groups in total. The van der Waals surface area contributed by atoms with E-state index in [-0.39, 0.29) is 0 Å². The zero-order valence-corrected chi connectivity index (χ0v) is 20.6. The van der Waals surface area contributed by atoms with Gasteiger partial charge in [-0.05, 0) is 87.7 Å². The van der Waals surface area contributed by atoms with Gasteiger partial charge in [-0.25, -0.2) is 4.98 Å². The maximum absolute atomic E-state index is 13.3. The largest absolute Gasteiger partial charge is 0.353 e. The molecule has 7 rings (SSSR count). The van der Waals surface area contributed by atoms with Gasteiger partial charge in [-0.3, -0.25) is 4.79 Å². The van der Waals surface area contributed by atoms with Gasteiger partial charge < -0.3 is 15.1 Å². The highest BCUT2D eigenvalue weighted by atomic mass is 16.2. The molecule has 1 aliphatic heterocycles. The van der Waals surface area contributed by atoms with Crippen LogP contribution in [0.15, 0.2) is 30.3 Å². The van der Waals surface area contributed by atoms with Crippen molar-refractivity contribution in [3.8, 4) is 0 Å². The van der Waals surface area contributed by atoms with Gasteiger partial charge in [0.15, 0.2) is 0 Å². The molecule has 0 radical (unpaired) electrons. The lowest BCUT2D eigenvalue weighted by Crippen LogP contribution is -2.52. The Kier molecular flexibility index (Phi) is 5.50. The number of aryl methyl sites for hydroxylation is 2. The molecule has 0 unspecified atom stereocenters. The molecule has 6 heteroatoms. The Morgan fingerprint density at radius 3 is 2.18 bits per heavy atom. The number of nitrogens with one attached hydrogen (secondary N) is 1. The first-order valence-corrected chi connectivity index (χ1v) is 13.2. The second kappa shape index (κ2) is 8.54. The molecule has 2 heterocycles. The predicted molar refractivity (Wildman–Crippen MR) is 135 cm³/mol. The van der Waals surface area contributed by atoms with Gasteiger partial charge in [0.1, 0.15) is 5.82 Å². The van der Waals surface area contributed by atoms with E-state index in [9.17, 15) is 4.79 Å². The van der Waals surface area contributed by atoms with Crippen LogP contribution in [0, 0.1) is 37.0 Å². The minimum absolute atomic E-state index is 0.323. The minimum Gasteiger partial charge on any atom is -0.353 e. The van der Waals surface area contributed by atoms with E-state index in [4.69, 9.17) is 4.98 Å². The Morgan fingerprint density at radius 1 is 0.941 bits per heavy atom. The molecule has 2 aromatic rings. The van der Waals surface area contributed by atoms with Crippen LogP contribution in [0.25, 0.3) is 0 Å². The summed E-state index contributed by atoms with van der Waals surface area (Å²) in [6, 6.07) is 10.3. The second-order valence-electron chi connectivity index (χ2n) is 11.6. The standard InChI is InChI=1S/C28H37N5O/c1-19-3-5-24(6-4-19)30-27-29-20(2)11-25(31-27)32-7-9-33(10-8-32)26(34)18-28-15-21-12-22(16-28)14-23(13-21)17-28/h3-6,11,21-23H,7-10,12-18H2,1-2H3,(H,29,30,31). The molecule has 0 atom stereocenters. The fourth-order valence-corrected chi connectivity index (χ4v) is 7.66. The van der Waals surface area contributed by atoms with Crippen LogP contribution in [0.4, 0.5) is 17.5 Å². The van der Waals surface area contributed by atoms with E-state index < -0.39 is 0 Å². The van der Waals surface area contributed by atoms with Crippen LogP contribution in [0.3, 0.4) is 0 Å². The fourth-order valence-electron chi connectivity index (χ4n) is 7.66. The van der Waals surface area contributed by atoms with Gasteiger partial charge in [-0.1, -0.05) is 17.7 Å². The Morgan fingerprint density at radius 2 is 1.56 bits per heavy atom. The van der Waals surface area contributed by atoms with Crippen molar-refractivity contribution in [3.63, 3.8) is 0 Å². The summed E-state index contributed by atoms with van der Waals surface area (Å²) in [7, 11) is 0. The summed E-state index contributed by atoms with van der Waals surface area (Å²) in [4.78, 5) is 27.1. The van der Waals surface area contributed by atoms with Crippen molar-refractivity contribution >= 4 is 23.4 Å². The van der Waals surface area contributed by atoms with Crippen molar-refractivity contribution in [2.24, 2.45) is 23.2 Å². The van der Waals surface area contributed by atoms with E-state index in [2.05, 4.69) is 51.3 Å². The molecule has 1 saturated heterocycles. The topological polar surface area (TPSA) is 61.4 Å². The number of amides is 1. The van der Waals surface area contributed by atoms with E-state index in [1.54, 1.807) is 0 Å². The average molecular weight is 460 g/mol. The first-order valence-electron chi connectivity index (χ1n) is 13.2. The van der Waals surface area contributed by atoms with E-state index in [0.29, 0.717) is 17.3 Å². The number of nitrogens with zero attached hydrogens (tertiary/aromatic N) is 4. The van der Waals surface area contributed by atoms with Crippen molar-refractivity contribution in [2.45, 2.75) is 58.8 Å². The van der Waals surface area contributed by atoms with Gasteiger partial charge >= 0.3 is 0 Å². The molecular formula is C28H37N5O. The fraction of sp³-hybridized carbons (Fsp3) is 0.607. The van der Waals surface area contributed by atoms with E-state index in [1.807, 2.05) is 13.0 Å². The number of hydrogen-bond donors (Lipinski definition) is 1. The van der Waals surface area contributed by atoms with Gasteiger partial charge in [0.05, 0.1) is 0 Å². The normalized spacial score (nSPS) is 30.0. The number of carbonyl (C=O) groups is 1. The van der Waals surface area contributed by atoms with Crippen LogP contribution in [-0.2, 0) is 4.79 Å². The number of aromatic nitrogens is 2. The summed E-state index contributed by atoms with van der Waals surface area (Å²) in [5.74, 6) is 4.66. The van der Waals surface area contributed by atoms with E-state index in [1.165, 1.54) is 44.1 Å². The Bertz CT molecular complexity index is 1020. The Balaban J connectivity index is 1.08. The quantitative estimate of drug-likeness (QED) is 0.675. The monoisotopic (exact) mass is 459 g/mol. The van der Waals surface area contributed by atoms with Crippen molar-refractivity contribution in [1.29, 1.82) is 0 Å². The Hall–Kier alpha value is -2.63. The van der Waals surface area contributed by atoms with E-state index >= 15 is 0 Å². The van der Waals surface area contributed by atoms with Gasteiger partial charge in [0.25, 0.3) is 0 Å². The molecule has 0 spiro atoms. The molecule has 1 aromatic carbocycles. The summed E-state index contributed by atoms with van der Waals surface area (Å²) in [5.41, 5.74) is 3.48. The summed E-state index contributed by atoms with van der Waals surface area (Å²) in [5, 5.41) is 3.34. The second-order valence-corrected chi connectivity index (χ2v) is 11.6. The van der Waals surface area contributed by atoms with Crippen molar-refractivity contribution in [2.75, 3.05) is 36.4 Å². The molecule has 180 valence electrons. The molecule has 1 aromatic heterocycles. The third-order valence-electron chi connectivity index (χ3n) is 8.80. The van der Waals surface area contributed by atoms with Gasteiger partial charge in [0, 0.05) is 50.0 Å². The minimum atomic E-state index is 0.323.